The minimum absolute atomic E-state index is 0.0330. The Bertz CT molecular complexity index is 1400. The molecular weight excluding hydrogens is 534 g/mol. The van der Waals surface area contributed by atoms with Crippen LogP contribution in [0.15, 0.2) is 68.6 Å². The van der Waals surface area contributed by atoms with Gasteiger partial charge in [-0.3, -0.25) is 10.1 Å². The van der Waals surface area contributed by atoms with E-state index in [1.807, 2.05) is 18.2 Å². The molecule has 0 saturated heterocycles. The summed E-state index contributed by atoms with van der Waals surface area (Å²) < 4.78 is 13.2. The van der Waals surface area contributed by atoms with Crippen LogP contribution in [0.1, 0.15) is 31.8 Å². The van der Waals surface area contributed by atoms with Gasteiger partial charge in [-0.2, -0.15) is 4.98 Å². The highest BCUT2D eigenvalue weighted by Gasteiger charge is 2.29. The lowest BCUT2D eigenvalue weighted by atomic mass is 10.1. The molecule has 0 aliphatic carbocycles. The fraction of sp³-hybridized carbons (Fsp3) is 0.208. The van der Waals surface area contributed by atoms with Gasteiger partial charge in [-0.25, -0.2) is 0 Å². The third-order valence-corrected chi connectivity index (χ3v) is 6.79. The normalized spacial score (nSPS) is 14.3. The number of ether oxygens (including phenoxy) is 1. The van der Waals surface area contributed by atoms with Gasteiger partial charge in [0.1, 0.15) is 5.76 Å². The second kappa shape index (κ2) is 10.0. The molecule has 35 heavy (non-hydrogen) atoms. The zero-order valence-electron chi connectivity index (χ0n) is 18.6. The highest BCUT2D eigenvalue weighted by Crippen LogP contribution is 2.42. The third kappa shape index (κ3) is 4.87. The Morgan fingerprint density at radius 1 is 1.14 bits per heavy atom. The number of nitrogens with one attached hydrogen (secondary N) is 1. The Kier molecular flexibility index (Phi) is 6.69. The van der Waals surface area contributed by atoms with Crippen LogP contribution in [0.2, 0.25) is 0 Å². The van der Waals surface area contributed by atoms with Crippen molar-refractivity contribution < 1.29 is 14.1 Å². The van der Waals surface area contributed by atoms with Crippen molar-refractivity contribution in [2.75, 3.05) is 11.1 Å². The van der Waals surface area contributed by atoms with E-state index in [4.69, 9.17) is 9.15 Å². The second-order valence-corrected chi connectivity index (χ2v) is 9.74. The van der Waals surface area contributed by atoms with Crippen molar-refractivity contribution in [3.63, 3.8) is 0 Å². The van der Waals surface area contributed by atoms with E-state index >= 15 is 0 Å². The number of para-hydroxylation sites is 1. The van der Waals surface area contributed by atoms with Crippen LogP contribution in [0.25, 0.3) is 22.6 Å². The van der Waals surface area contributed by atoms with Crippen molar-refractivity contribution in [1.82, 2.24) is 15.2 Å². The van der Waals surface area contributed by atoms with Crippen LogP contribution >= 0.6 is 27.7 Å². The van der Waals surface area contributed by atoms with E-state index in [1.54, 1.807) is 30.3 Å². The van der Waals surface area contributed by atoms with Crippen LogP contribution in [0.5, 0.6) is 5.88 Å². The first-order valence-electron chi connectivity index (χ1n) is 11.0. The van der Waals surface area contributed by atoms with Crippen LogP contribution in [-0.2, 0) is 0 Å². The van der Waals surface area contributed by atoms with Crippen LogP contribution in [0, 0.1) is 10.1 Å². The summed E-state index contributed by atoms with van der Waals surface area (Å²) >= 11 is 5.05. The Labute approximate surface area is 213 Å². The summed E-state index contributed by atoms with van der Waals surface area (Å²) in [5.41, 5.74) is 2.42. The van der Waals surface area contributed by atoms with Crippen LogP contribution in [0.3, 0.4) is 0 Å². The molecule has 0 bridgehead atoms. The average Bonchev–Trinajstić information content (AvgIpc) is 3.29. The Morgan fingerprint density at radius 2 is 2.00 bits per heavy atom. The van der Waals surface area contributed by atoms with Crippen molar-refractivity contribution in [3.8, 4) is 28.5 Å². The molecule has 4 aromatic rings. The van der Waals surface area contributed by atoms with Crippen LogP contribution in [-0.4, -0.2) is 25.9 Å². The lowest BCUT2D eigenvalue weighted by molar-refractivity contribution is -0.384. The molecule has 0 spiro atoms. The van der Waals surface area contributed by atoms with Gasteiger partial charge < -0.3 is 14.5 Å². The quantitative estimate of drug-likeness (QED) is 0.113. The molecule has 5 rings (SSSR count). The van der Waals surface area contributed by atoms with Gasteiger partial charge in [0.05, 0.1) is 10.5 Å². The average molecular weight is 554 g/mol. The Balaban J connectivity index is 1.53. The van der Waals surface area contributed by atoms with Gasteiger partial charge in [0.25, 0.3) is 5.69 Å². The first kappa shape index (κ1) is 23.3. The zero-order chi connectivity index (χ0) is 24.4. The summed E-state index contributed by atoms with van der Waals surface area (Å²) in [5.74, 6) is 2.03. The van der Waals surface area contributed by atoms with Crippen molar-refractivity contribution in [2.45, 2.75) is 31.1 Å². The minimum Gasteiger partial charge on any atom is -0.455 e. The van der Waals surface area contributed by atoms with E-state index in [0.29, 0.717) is 33.8 Å². The first-order valence-corrected chi connectivity index (χ1v) is 12.8. The standard InChI is InChI=1S/C24H20BrN5O4S/c1-2-3-12-35-24-27-23-21(28-29-24)16-13-14(25)8-9-17(16)26-22(34-23)20-11-10-19(33-20)15-6-4-5-7-18(15)30(31)32/h4-11,13,22,26H,2-3,12H2,1H3. The van der Waals surface area contributed by atoms with E-state index in [-0.39, 0.29) is 5.69 Å². The molecule has 1 unspecified atom stereocenters. The molecule has 0 radical (unpaired) electrons. The third-order valence-electron chi connectivity index (χ3n) is 5.37. The van der Waals surface area contributed by atoms with Crippen molar-refractivity contribution >= 4 is 39.1 Å². The number of anilines is 1. The van der Waals surface area contributed by atoms with Crippen LogP contribution < -0.4 is 10.1 Å². The summed E-state index contributed by atoms with van der Waals surface area (Å²) in [5, 5.41) is 24.1. The van der Waals surface area contributed by atoms with Gasteiger partial charge in [0, 0.05) is 27.5 Å². The number of hydrogen-bond acceptors (Lipinski definition) is 9. The van der Waals surface area contributed by atoms with Crippen molar-refractivity contribution in [3.05, 3.63) is 74.9 Å². The summed E-state index contributed by atoms with van der Waals surface area (Å²) in [4.78, 5) is 15.7. The molecule has 2 aromatic carbocycles. The number of hydrogen-bond donors (Lipinski definition) is 1. The molecule has 0 saturated carbocycles. The SMILES string of the molecule is CCCCSc1nnc2c(n1)OC(c1ccc(-c3ccccc3[N+](=O)[O-])o1)Nc1ccc(Br)cc1-2. The topological polar surface area (TPSA) is 116 Å². The first-order chi connectivity index (χ1) is 17.0. The fourth-order valence-electron chi connectivity index (χ4n) is 3.65. The van der Waals surface area contributed by atoms with Crippen molar-refractivity contribution in [1.29, 1.82) is 0 Å². The largest absolute Gasteiger partial charge is 0.455 e. The minimum atomic E-state index is -0.738. The van der Waals surface area contributed by atoms with E-state index in [2.05, 4.69) is 43.4 Å². The summed E-state index contributed by atoms with van der Waals surface area (Å²) in [6.07, 6.45) is 1.39. The number of unbranched alkanes of at least 4 members (excludes halogenated alkanes) is 1. The predicted octanol–water partition coefficient (Wildman–Crippen LogP) is 6.86. The van der Waals surface area contributed by atoms with E-state index in [1.165, 1.54) is 17.8 Å². The number of benzene rings is 2. The lowest BCUT2D eigenvalue weighted by Gasteiger charge is -2.16. The lowest BCUT2D eigenvalue weighted by Crippen LogP contribution is -2.16. The fourth-order valence-corrected chi connectivity index (χ4v) is 4.87. The molecule has 0 fully saturated rings. The van der Waals surface area contributed by atoms with Crippen molar-refractivity contribution in [2.24, 2.45) is 0 Å². The van der Waals surface area contributed by atoms with Gasteiger partial charge >= 0.3 is 0 Å². The second-order valence-electron chi connectivity index (χ2n) is 7.76. The highest BCUT2D eigenvalue weighted by atomic mass is 79.9. The number of nitrogens with zero attached hydrogens (tertiary/aromatic N) is 4. The molecule has 1 aliphatic rings. The van der Waals surface area contributed by atoms with E-state index in [9.17, 15) is 10.1 Å². The molecule has 2 aromatic heterocycles. The summed E-state index contributed by atoms with van der Waals surface area (Å²) in [7, 11) is 0. The molecule has 1 atom stereocenters. The summed E-state index contributed by atoms with van der Waals surface area (Å²) in [6.45, 7) is 2.13. The predicted molar refractivity (Wildman–Crippen MR) is 136 cm³/mol. The number of aromatic nitrogens is 3. The maximum Gasteiger partial charge on any atom is 0.280 e. The molecule has 0 amide bonds. The number of nitro groups is 1. The maximum atomic E-state index is 11.5. The summed E-state index contributed by atoms with van der Waals surface area (Å²) in [6, 6.07) is 15.6. The smallest absolute Gasteiger partial charge is 0.280 e. The van der Waals surface area contributed by atoms with Crippen LogP contribution in [0.4, 0.5) is 11.4 Å². The highest BCUT2D eigenvalue weighted by molar-refractivity contribution is 9.10. The molecule has 1 N–H and O–H groups in total. The molecular formula is C24H20BrN5O4S. The van der Waals surface area contributed by atoms with Gasteiger partial charge in [-0.1, -0.05) is 53.2 Å². The number of furan rings is 1. The molecule has 11 heteroatoms. The number of rotatable bonds is 7. The molecule has 9 nitrogen and oxygen atoms in total. The van der Waals surface area contributed by atoms with Gasteiger partial charge in [-0.15, -0.1) is 10.2 Å². The van der Waals surface area contributed by atoms with Gasteiger partial charge in [0.15, 0.2) is 11.5 Å². The van der Waals surface area contributed by atoms with E-state index < -0.39 is 11.2 Å². The molecule has 178 valence electrons. The zero-order valence-corrected chi connectivity index (χ0v) is 21.0. The van der Waals surface area contributed by atoms with Gasteiger partial charge in [0.2, 0.25) is 17.3 Å². The number of nitro benzene ring substituents is 1. The van der Waals surface area contributed by atoms with E-state index in [0.717, 1.165) is 34.3 Å². The monoisotopic (exact) mass is 553 g/mol. The maximum absolute atomic E-state index is 11.5. The number of thioether (sulfide) groups is 1. The van der Waals surface area contributed by atoms with Gasteiger partial charge in [-0.05, 0) is 42.8 Å². The Hall–Kier alpha value is -3.44. The Morgan fingerprint density at radius 3 is 2.83 bits per heavy atom. The number of halogens is 1. The molecule has 1 aliphatic heterocycles. The number of fused-ring (bicyclic) bond motifs is 3. The molecule has 3 heterocycles.